The van der Waals surface area contributed by atoms with E-state index in [9.17, 15) is 24.3 Å². The number of allylic oxidation sites excluding steroid dienone is 1. The minimum atomic E-state index is -1.17. The number of aryl methyl sites for hydroxylation is 1. The van der Waals surface area contributed by atoms with Gasteiger partial charge in [-0.3, -0.25) is 19.2 Å². The van der Waals surface area contributed by atoms with Crippen LogP contribution in [0.1, 0.15) is 143 Å². The second-order valence-corrected chi connectivity index (χ2v) is 18.6. The van der Waals surface area contributed by atoms with E-state index in [0.717, 1.165) is 56.1 Å². The molecule has 49 heavy (non-hydrogen) atoms. The van der Waals surface area contributed by atoms with Gasteiger partial charge in [0.25, 0.3) is 11.7 Å². The minimum Gasteiger partial charge on any atom is -0.481 e. The van der Waals surface area contributed by atoms with Crippen molar-refractivity contribution in [3.8, 4) is 0 Å². The number of carbonyl (C=O) groups excluding carboxylic acids is 3. The van der Waals surface area contributed by atoms with Crippen LogP contribution in [0, 0.1) is 57.7 Å². The Morgan fingerprint density at radius 2 is 1.67 bits per heavy atom. The first kappa shape index (κ1) is 35.8. The van der Waals surface area contributed by atoms with Crippen molar-refractivity contribution in [3.05, 3.63) is 22.9 Å². The molecule has 2 N–H and O–H groups in total. The van der Waals surface area contributed by atoms with E-state index < -0.39 is 28.8 Å². The number of amides is 1. The summed E-state index contributed by atoms with van der Waals surface area (Å²) in [7, 11) is 0. The molecule has 4 saturated carbocycles. The van der Waals surface area contributed by atoms with Crippen molar-refractivity contribution in [3.63, 3.8) is 0 Å². The zero-order chi connectivity index (χ0) is 36.1. The molecule has 0 radical (unpaired) electrons. The number of aliphatic carboxylic acids is 1. The van der Waals surface area contributed by atoms with Gasteiger partial charge in [-0.25, -0.2) is 0 Å². The van der Waals surface area contributed by atoms with E-state index in [-0.39, 0.29) is 64.0 Å². The third-order valence-electron chi connectivity index (χ3n) is 14.9. The van der Waals surface area contributed by atoms with Gasteiger partial charge in [0, 0.05) is 18.8 Å². The van der Waals surface area contributed by atoms with E-state index in [1.54, 1.807) is 20.8 Å². The molecule has 3 unspecified atom stereocenters. The normalized spacial score (nSPS) is 38.3. The molecule has 0 aliphatic heterocycles. The molecular weight excluding hydrogens is 622 g/mol. The van der Waals surface area contributed by atoms with Gasteiger partial charge in [0.15, 0.2) is 5.78 Å². The van der Waals surface area contributed by atoms with E-state index in [0.29, 0.717) is 24.1 Å². The highest BCUT2D eigenvalue weighted by Crippen LogP contribution is 2.76. The van der Waals surface area contributed by atoms with Crippen LogP contribution in [0.4, 0.5) is 0 Å². The summed E-state index contributed by atoms with van der Waals surface area (Å²) < 4.78 is 11.2. The van der Waals surface area contributed by atoms with E-state index in [4.69, 9.17) is 9.26 Å². The summed E-state index contributed by atoms with van der Waals surface area (Å²) in [6, 6.07) is 0. The molecule has 1 amide bonds. The van der Waals surface area contributed by atoms with Crippen molar-refractivity contribution < 1.29 is 33.5 Å². The number of nitrogens with one attached hydrogen (secondary N) is 1. The van der Waals surface area contributed by atoms with Crippen LogP contribution in [0.5, 0.6) is 0 Å². The molecule has 1 aromatic heterocycles. The zero-order valence-electron chi connectivity index (χ0n) is 31.2. The van der Waals surface area contributed by atoms with Crippen molar-refractivity contribution in [2.24, 2.45) is 50.7 Å². The topological polar surface area (TPSA) is 149 Å². The maximum atomic E-state index is 13.9. The Morgan fingerprint density at radius 3 is 2.29 bits per heavy atom. The van der Waals surface area contributed by atoms with Crippen LogP contribution in [-0.2, 0) is 19.1 Å². The molecule has 0 spiro atoms. The molecule has 1 heterocycles. The molecule has 1 aromatic rings. The number of nitrogens with zero attached hydrogens (tertiary/aromatic N) is 2. The minimum absolute atomic E-state index is 0.00131. The number of hydrogen-bond donors (Lipinski definition) is 2. The number of carboxylic acid groups (broad SMARTS) is 1. The van der Waals surface area contributed by atoms with Crippen LogP contribution in [0.15, 0.2) is 15.7 Å². The van der Waals surface area contributed by atoms with Crippen LogP contribution in [0.3, 0.4) is 0 Å². The van der Waals surface area contributed by atoms with Crippen LogP contribution in [0.2, 0.25) is 0 Å². The Morgan fingerprint density at radius 1 is 0.980 bits per heavy atom. The Balaban J connectivity index is 1.30. The fourth-order valence-electron chi connectivity index (χ4n) is 12.2. The molecule has 270 valence electrons. The number of fused-ring (bicyclic) bond motifs is 7. The highest BCUT2D eigenvalue weighted by molar-refractivity contribution is 6.03. The second-order valence-electron chi connectivity index (χ2n) is 18.6. The number of hydrogen-bond acceptors (Lipinski definition) is 8. The quantitative estimate of drug-likeness (QED) is 0.284. The van der Waals surface area contributed by atoms with Crippen molar-refractivity contribution in [1.82, 2.24) is 15.5 Å². The fourth-order valence-corrected chi connectivity index (χ4v) is 12.2. The number of rotatable bonds is 7. The number of carbonyl (C=O) groups is 4. The first-order valence-electron chi connectivity index (χ1n) is 18.5. The van der Waals surface area contributed by atoms with Gasteiger partial charge in [-0.15, -0.1) is 0 Å². The zero-order valence-corrected chi connectivity index (χ0v) is 31.2. The number of esters is 1. The van der Waals surface area contributed by atoms with Crippen LogP contribution in [0.25, 0.3) is 0 Å². The lowest BCUT2D eigenvalue weighted by Gasteiger charge is -2.72. The molecular formula is C39H57N3O7. The van der Waals surface area contributed by atoms with Crippen LogP contribution < -0.4 is 5.32 Å². The smallest absolute Gasteiger partial charge is 0.309 e. The largest absolute Gasteiger partial charge is 0.481 e. The second kappa shape index (κ2) is 11.5. The van der Waals surface area contributed by atoms with Crippen molar-refractivity contribution >= 4 is 23.6 Å². The maximum absolute atomic E-state index is 13.9. The predicted molar refractivity (Wildman–Crippen MR) is 182 cm³/mol. The standard InChI is InChI=1S/C39H57N3O7/c1-21(2)29-24(43)19-39(41-32(45)31-40-22(3)49-42-31)18-17-37(9)23(30(29)39)11-12-26-36(8)15-14-27(48-28(44)20-34(4,5)33(46)47)35(6,7)25(36)13-16-38(26,37)10/h21,23,25-27H,11-20H2,1-10H3,(H,41,45)(H,46,47)/t23?,25?,26?,27-,36-,37+,38+,39+/m0/s1. The Labute approximate surface area is 291 Å². The third kappa shape index (κ3) is 5.23. The van der Waals surface area contributed by atoms with Gasteiger partial charge in [0.1, 0.15) is 6.10 Å². The fraction of sp³-hybridized carbons (Fsp3) is 0.795. The van der Waals surface area contributed by atoms with E-state index in [1.807, 2.05) is 0 Å². The number of aromatic nitrogens is 2. The molecule has 0 aromatic carbocycles. The maximum Gasteiger partial charge on any atom is 0.309 e. The van der Waals surface area contributed by atoms with Crippen LogP contribution in [-0.4, -0.2) is 50.5 Å². The summed E-state index contributed by atoms with van der Waals surface area (Å²) in [5.74, 6) is -0.347. The molecule has 10 nitrogen and oxygen atoms in total. The van der Waals surface area contributed by atoms with Gasteiger partial charge in [-0.2, -0.15) is 4.98 Å². The molecule has 0 bridgehead atoms. The van der Waals surface area contributed by atoms with E-state index in [1.165, 1.54) is 0 Å². The Bertz CT molecular complexity index is 1610. The van der Waals surface area contributed by atoms with Gasteiger partial charge >= 0.3 is 11.9 Å². The lowest BCUT2D eigenvalue weighted by molar-refractivity contribution is -0.232. The predicted octanol–water partition coefficient (Wildman–Crippen LogP) is 7.25. The SMILES string of the molecule is Cc1nc(C(=O)N[C@@]23CC[C@]4(C)C(CCC5[C@@]6(C)CC[C@H](OC(=O)CC(C)(C)C(=O)O)C(C)(C)C6CC[C@]54C)C2=C(C(C)C)C(=O)C3)no1. The van der Waals surface area contributed by atoms with Crippen molar-refractivity contribution in [2.45, 2.75) is 145 Å². The lowest BCUT2D eigenvalue weighted by Crippen LogP contribution is -2.67. The molecule has 5 aliphatic rings. The van der Waals surface area contributed by atoms with Gasteiger partial charge < -0.3 is 19.7 Å². The highest BCUT2D eigenvalue weighted by atomic mass is 16.5. The molecule has 0 saturated heterocycles. The van der Waals surface area contributed by atoms with Gasteiger partial charge in [0.2, 0.25) is 5.89 Å². The number of ether oxygens (including phenoxy) is 1. The summed E-state index contributed by atoms with van der Waals surface area (Å²) >= 11 is 0. The Kier molecular flexibility index (Phi) is 8.39. The average Bonchev–Trinajstić information content (AvgIpc) is 3.55. The van der Waals surface area contributed by atoms with Gasteiger partial charge in [-0.05, 0) is 116 Å². The summed E-state index contributed by atoms with van der Waals surface area (Å²) in [6.07, 6.45) is 7.23. The van der Waals surface area contributed by atoms with Gasteiger partial charge in [0.05, 0.1) is 17.4 Å². The molecule has 10 heteroatoms. The number of carboxylic acids is 1. The highest BCUT2D eigenvalue weighted by Gasteiger charge is 2.70. The van der Waals surface area contributed by atoms with E-state index >= 15 is 0 Å². The van der Waals surface area contributed by atoms with Gasteiger partial charge in [-0.1, -0.05) is 53.6 Å². The number of Topliss-reactive ketones (excluding diaryl/α,β-unsaturated/α-hetero) is 1. The Hall–Kier alpha value is -3.04. The van der Waals surface area contributed by atoms with Crippen molar-refractivity contribution in [1.29, 1.82) is 0 Å². The first-order chi connectivity index (χ1) is 22.6. The van der Waals surface area contributed by atoms with E-state index in [2.05, 4.69) is 63.9 Å². The summed E-state index contributed by atoms with van der Waals surface area (Å²) in [4.78, 5) is 56.3. The summed E-state index contributed by atoms with van der Waals surface area (Å²) in [6.45, 7) is 21.0. The molecule has 6 rings (SSSR count). The molecule has 5 aliphatic carbocycles. The summed E-state index contributed by atoms with van der Waals surface area (Å²) in [5.41, 5.74) is -0.153. The third-order valence-corrected chi connectivity index (χ3v) is 14.9. The summed E-state index contributed by atoms with van der Waals surface area (Å²) in [5, 5.41) is 16.8. The molecule has 4 fully saturated rings. The van der Waals surface area contributed by atoms with Crippen LogP contribution >= 0.6 is 0 Å². The number of ketones is 1. The molecule has 8 atom stereocenters. The first-order valence-corrected chi connectivity index (χ1v) is 18.5. The lowest BCUT2D eigenvalue weighted by atomic mass is 9.33. The monoisotopic (exact) mass is 679 g/mol. The van der Waals surface area contributed by atoms with Crippen molar-refractivity contribution in [2.75, 3.05) is 0 Å². The average molecular weight is 680 g/mol.